The minimum Gasteiger partial charge on any atom is -0.497 e. The molecule has 0 saturated heterocycles. The lowest BCUT2D eigenvalue weighted by molar-refractivity contribution is 0.391. The highest BCUT2D eigenvalue weighted by molar-refractivity contribution is 6.30. The molecule has 0 bridgehead atoms. The van der Waals surface area contributed by atoms with E-state index in [1.165, 1.54) is 5.56 Å². The van der Waals surface area contributed by atoms with Crippen LogP contribution in [0.1, 0.15) is 22.3 Å². The van der Waals surface area contributed by atoms with E-state index in [4.69, 9.17) is 25.8 Å². The van der Waals surface area contributed by atoms with Crippen molar-refractivity contribution in [1.29, 1.82) is 0 Å². The number of hydrogen-bond acceptors (Lipinski definition) is 3. The van der Waals surface area contributed by atoms with Crippen LogP contribution in [0.5, 0.6) is 17.2 Å². The smallest absolute Gasteiger partial charge is 0.126 e. The van der Waals surface area contributed by atoms with Crippen LogP contribution in [0.3, 0.4) is 0 Å². The number of benzene rings is 3. The number of ether oxygens (including phenoxy) is 3. The van der Waals surface area contributed by atoms with Gasteiger partial charge in [0.15, 0.2) is 0 Å². The van der Waals surface area contributed by atoms with Gasteiger partial charge in [-0.05, 0) is 47.0 Å². The Balaban J connectivity index is 1.99. The van der Waals surface area contributed by atoms with Crippen molar-refractivity contribution < 1.29 is 14.2 Å². The van der Waals surface area contributed by atoms with Crippen LogP contribution in [0.25, 0.3) is 12.2 Å². The van der Waals surface area contributed by atoms with E-state index in [-0.39, 0.29) is 0 Å². The second kappa shape index (κ2) is 9.34. The molecule has 3 rings (SSSR count). The first-order valence-corrected chi connectivity index (χ1v) is 9.32. The van der Waals surface area contributed by atoms with E-state index in [0.717, 1.165) is 45.4 Å². The summed E-state index contributed by atoms with van der Waals surface area (Å²) in [6, 6.07) is 19.7. The summed E-state index contributed by atoms with van der Waals surface area (Å²) in [6.07, 6.45) is 4.87. The zero-order valence-electron chi connectivity index (χ0n) is 16.2. The molecular weight excluding hydrogens is 372 g/mol. The monoisotopic (exact) mass is 394 g/mol. The first-order valence-electron chi connectivity index (χ1n) is 8.94. The molecule has 0 unspecified atom stereocenters. The second-order valence-corrected chi connectivity index (χ2v) is 6.74. The van der Waals surface area contributed by atoms with Crippen molar-refractivity contribution in [3.63, 3.8) is 0 Å². The molecule has 0 fully saturated rings. The first kappa shape index (κ1) is 19.8. The van der Waals surface area contributed by atoms with Gasteiger partial charge in [-0.2, -0.15) is 0 Å². The maximum absolute atomic E-state index is 5.98. The van der Waals surface area contributed by atoms with Crippen molar-refractivity contribution in [3.05, 3.63) is 87.9 Å². The predicted molar refractivity (Wildman–Crippen MR) is 116 cm³/mol. The molecule has 0 spiro atoms. The van der Waals surface area contributed by atoms with Crippen molar-refractivity contribution in [2.24, 2.45) is 0 Å². The van der Waals surface area contributed by atoms with Crippen LogP contribution in [0.2, 0.25) is 5.02 Å². The molecule has 28 heavy (non-hydrogen) atoms. The van der Waals surface area contributed by atoms with Crippen LogP contribution in [0, 0.1) is 0 Å². The Hall–Kier alpha value is -2.91. The van der Waals surface area contributed by atoms with Gasteiger partial charge in [0.2, 0.25) is 0 Å². The molecule has 0 radical (unpaired) electrons. The summed E-state index contributed by atoms with van der Waals surface area (Å²) in [6.45, 7) is 0. The Morgan fingerprint density at radius 1 is 0.750 bits per heavy atom. The normalized spacial score (nSPS) is 10.9. The summed E-state index contributed by atoms with van der Waals surface area (Å²) in [5.41, 5.74) is 4.38. The molecule has 3 nitrogen and oxygen atoms in total. The fourth-order valence-corrected chi connectivity index (χ4v) is 3.11. The first-order chi connectivity index (χ1) is 13.6. The zero-order chi connectivity index (χ0) is 19.9. The molecule has 0 aromatic heterocycles. The minimum absolute atomic E-state index is 0.723. The Bertz CT molecular complexity index is 945. The van der Waals surface area contributed by atoms with Gasteiger partial charge in [0.05, 0.1) is 21.3 Å². The summed E-state index contributed by atoms with van der Waals surface area (Å²) in [7, 11) is 5.00. The van der Waals surface area contributed by atoms with E-state index in [0.29, 0.717) is 0 Å². The van der Waals surface area contributed by atoms with Gasteiger partial charge in [0.25, 0.3) is 0 Å². The summed E-state index contributed by atoms with van der Waals surface area (Å²) in [5.74, 6) is 2.39. The topological polar surface area (TPSA) is 27.7 Å². The molecule has 0 aliphatic heterocycles. The highest BCUT2D eigenvalue weighted by Crippen LogP contribution is 2.32. The average Bonchev–Trinajstić information content (AvgIpc) is 2.74. The van der Waals surface area contributed by atoms with Gasteiger partial charge >= 0.3 is 0 Å². The van der Waals surface area contributed by atoms with Crippen molar-refractivity contribution in [2.45, 2.75) is 6.42 Å². The fraction of sp³-hybridized carbons (Fsp3) is 0.167. The quantitative estimate of drug-likeness (QED) is 0.451. The van der Waals surface area contributed by atoms with Crippen molar-refractivity contribution >= 4 is 23.8 Å². The summed E-state index contributed by atoms with van der Waals surface area (Å²) >= 11 is 5.98. The zero-order valence-corrected chi connectivity index (χ0v) is 17.0. The Labute approximate surface area is 171 Å². The molecule has 0 N–H and O–H groups in total. The molecule has 0 aliphatic rings. The summed E-state index contributed by atoms with van der Waals surface area (Å²) in [4.78, 5) is 0. The van der Waals surface area contributed by atoms with E-state index < -0.39 is 0 Å². The second-order valence-electron chi connectivity index (χ2n) is 6.31. The van der Waals surface area contributed by atoms with Crippen LogP contribution >= 0.6 is 11.6 Å². The van der Waals surface area contributed by atoms with Gasteiger partial charge in [-0.1, -0.05) is 48.0 Å². The van der Waals surface area contributed by atoms with Gasteiger partial charge < -0.3 is 14.2 Å². The van der Waals surface area contributed by atoms with Gasteiger partial charge in [0, 0.05) is 23.1 Å². The largest absolute Gasteiger partial charge is 0.497 e. The molecule has 0 atom stereocenters. The van der Waals surface area contributed by atoms with Crippen LogP contribution in [0.4, 0.5) is 0 Å². The van der Waals surface area contributed by atoms with Gasteiger partial charge in [-0.25, -0.2) is 0 Å². The van der Waals surface area contributed by atoms with Crippen molar-refractivity contribution in [3.8, 4) is 17.2 Å². The summed E-state index contributed by atoms with van der Waals surface area (Å²) in [5, 5.41) is 0.723. The molecule has 144 valence electrons. The number of rotatable bonds is 7. The highest BCUT2D eigenvalue weighted by atomic mass is 35.5. The number of hydrogen-bond donors (Lipinski definition) is 0. The van der Waals surface area contributed by atoms with E-state index in [1.54, 1.807) is 21.3 Å². The van der Waals surface area contributed by atoms with Gasteiger partial charge in [-0.15, -0.1) is 0 Å². The van der Waals surface area contributed by atoms with Crippen LogP contribution in [-0.4, -0.2) is 21.3 Å². The Kier molecular flexibility index (Phi) is 6.62. The molecule has 3 aromatic carbocycles. The molecule has 0 aliphatic carbocycles. The third-order valence-corrected chi connectivity index (χ3v) is 4.79. The minimum atomic E-state index is 0.723. The lowest BCUT2D eigenvalue weighted by Gasteiger charge is -2.15. The molecule has 3 aromatic rings. The van der Waals surface area contributed by atoms with Crippen molar-refractivity contribution in [2.75, 3.05) is 21.3 Å². The molecule has 0 saturated carbocycles. The van der Waals surface area contributed by atoms with Crippen LogP contribution < -0.4 is 14.2 Å². The van der Waals surface area contributed by atoms with E-state index in [1.807, 2.05) is 48.5 Å². The molecule has 4 heteroatoms. The van der Waals surface area contributed by atoms with Gasteiger partial charge in [0.1, 0.15) is 17.2 Å². The standard InChI is InChI=1S/C24H23ClO3/c1-26-21-12-7-18(8-13-21)14-23-19(15-22(27-2)16-24(23)28-3)9-4-17-5-10-20(25)11-6-17/h4-13,15-16H,14H2,1-3H3/b9-4+. The Morgan fingerprint density at radius 3 is 2.04 bits per heavy atom. The summed E-state index contributed by atoms with van der Waals surface area (Å²) < 4.78 is 16.4. The highest BCUT2D eigenvalue weighted by Gasteiger charge is 2.12. The SMILES string of the molecule is COc1ccc(Cc2c(/C=C/c3ccc(Cl)cc3)cc(OC)cc2OC)cc1. The molecule has 0 amide bonds. The van der Waals surface area contributed by atoms with Crippen LogP contribution in [0.15, 0.2) is 60.7 Å². The lowest BCUT2D eigenvalue weighted by atomic mass is 9.97. The van der Waals surface area contributed by atoms with Crippen molar-refractivity contribution in [1.82, 2.24) is 0 Å². The fourth-order valence-electron chi connectivity index (χ4n) is 2.99. The Morgan fingerprint density at radius 2 is 1.43 bits per heavy atom. The molecule has 0 heterocycles. The van der Waals surface area contributed by atoms with E-state index in [9.17, 15) is 0 Å². The van der Waals surface area contributed by atoms with Crippen LogP contribution in [-0.2, 0) is 6.42 Å². The predicted octanol–water partition coefficient (Wildman–Crippen LogP) is 6.13. The lowest BCUT2D eigenvalue weighted by Crippen LogP contribution is -1.99. The maximum atomic E-state index is 5.98. The third-order valence-electron chi connectivity index (χ3n) is 4.54. The van der Waals surface area contributed by atoms with E-state index in [2.05, 4.69) is 24.3 Å². The molecular formula is C24H23ClO3. The number of methoxy groups -OCH3 is 3. The van der Waals surface area contributed by atoms with Gasteiger partial charge in [-0.3, -0.25) is 0 Å². The third kappa shape index (κ3) is 4.87. The maximum Gasteiger partial charge on any atom is 0.126 e. The number of halogens is 1. The van der Waals surface area contributed by atoms with E-state index >= 15 is 0 Å². The average molecular weight is 395 g/mol.